The third kappa shape index (κ3) is 1.71. The summed E-state index contributed by atoms with van der Waals surface area (Å²) >= 11 is 0. The van der Waals surface area contributed by atoms with Gasteiger partial charge in [0.2, 0.25) is 5.91 Å². The molecule has 2 aliphatic carbocycles. The molecule has 1 aliphatic heterocycles. The van der Waals surface area contributed by atoms with Crippen LogP contribution < -0.4 is 5.32 Å². The van der Waals surface area contributed by atoms with E-state index in [9.17, 15) is 4.79 Å². The fraction of sp³-hybridized carbons (Fsp3) is 0.800. The van der Waals surface area contributed by atoms with Crippen molar-refractivity contribution in [1.29, 1.82) is 0 Å². The van der Waals surface area contributed by atoms with Gasteiger partial charge in [0.05, 0.1) is 6.04 Å². The van der Waals surface area contributed by atoms with Crippen LogP contribution in [0.4, 0.5) is 0 Å². The molecule has 2 bridgehead atoms. The lowest BCUT2D eigenvalue weighted by Crippen LogP contribution is -2.53. The molecule has 1 saturated heterocycles. The van der Waals surface area contributed by atoms with E-state index < -0.39 is 0 Å². The molecule has 1 unspecified atom stereocenters. The molecule has 18 heavy (non-hydrogen) atoms. The van der Waals surface area contributed by atoms with Gasteiger partial charge < -0.3 is 10.2 Å². The smallest absolute Gasteiger partial charge is 0.244 e. The Bertz CT molecular complexity index is 369. The van der Waals surface area contributed by atoms with E-state index in [0.29, 0.717) is 0 Å². The molecule has 0 aromatic rings. The number of likely N-dealkylation sites (N-methyl/N-ethyl adjacent to an activating group) is 1. The summed E-state index contributed by atoms with van der Waals surface area (Å²) in [5, 5.41) is 3.19. The molecule has 1 atom stereocenters. The molecule has 0 spiro atoms. The van der Waals surface area contributed by atoms with Gasteiger partial charge in [0.1, 0.15) is 0 Å². The zero-order valence-electron chi connectivity index (χ0n) is 11.4. The van der Waals surface area contributed by atoms with Crippen LogP contribution in [0.3, 0.4) is 0 Å². The van der Waals surface area contributed by atoms with Crippen molar-refractivity contribution in [1.82, 2.24) is 10.2 Å². The average molecular weight is 248 g/mol. The maximum atomic E-state index is 12.8. The minimum Gasteiger partial charge on any atom is -0.309 e. The summed E-state index contributed by atoms with van der Waals surface area (Å²) in [5.74, 6) is 1.14. The van der Waals surface area contributed by atoms with Crippen LogP contribution in [0.1, 0.15) is 51.4 Å². The first-order valence-electron chi connectivity index (χ1n) is 7.35. The molecule has 1 amide bonds. The summed E-state index contributed by atoms with van der Waals surface area (Å²) in [6.07, 6.45) is 9.22. The number of allylic oxidation sites excluding steroid dienone is 1. The molecular formula is C15H24N2O. The van der Waals surface area contributed by atoms with Crippen molar-refractivity contribution in [3.8, 4) is 0 Å². The van der Waals surface area contributed by atoms with E-state index in [2.05, 4.69) is 16.8 Å². The first kappa shape index (κ1) is 12.2. The Hall–Kier alpha value is -0.830. The number of carbonyl (C=O) groups excluding carboxylic acids is 1. The molecule has 3 heteroatoms. The summed E-state index contributed by atoms with van der Waals surface area (Å²) in [6.45, 7) is 4.21. The molecule has 0 aromatic heterocycles. The SMILES string of the molecule is C=C1CCCC(NC)C(=O)N1C12CCC(CC1)C2. The van der Waals surface area contributed by atoms with Crippen LogP contribution in [0.5, 0.6) is 0 Å². The number of likely N-dealkylation sites (tertiary alicyclic amines) is 1. The number of hydrogen-bond donors (Lipinski definition) is 1. The van der Waals surface area contributed by atoms with Gasteiger partial charge in [-0.25, -0.2) is 0 Å². The Morgan fingerprint density at radius 2 is 2.06 bits per heavy atom. The quantitative estimate of drug-likeness (QED) is 0.814. The van der Waals surface area contributed by atoms with Crippen molar-refractivity contribution in [3.05, 3.63) is 12.3 Å². The highest BCUT2D eigenvalue weighted by Crippen LogP contribution is 2.52. The molecule has 1 N–H and O–H groups in total. The summed E-state index contributed by atoms with van der Waals surface area (Å²) in [4.78, 5) is 14.9. The maximum Gasteiger partial charge on any atom is 0.244 e. The highest BCUT2D eigenvalue weighted by molar-refractivity contribution is 5.84. The zero-order valence-corrected chi connectivity index (χ0v) is 11.4. The molecule has 2 saturated carbocycles. The van der Waals surface area contributed by atoms with Gasteiger partial charge in [0, 0.05) is 11.2 Å². The Balaban J connectivity index is 1.91. The molecular weight excluding hydrogens is 224 g/mol. The van der Waals surface area contributed by atoms with E-state index in [1.54, 1.807) is 0 Å². The second-order valence-electron chi connectivity index (χ2n) is 6.35. The monoisotopic (exact) mass is 248 g/mol. The van der Waals surface area contributed by atoms with Gasteiger partial charge in [-0.2, -0.15) is 0 Å². The van der Waals surface area contributed by atoms with Gasteiger partial charge in [-0.15, -0.1) is 0 Å². The normalized spacial score (nSPS) is 40.4. The molecule has 3 rings (SSSR count). The van der Waals surface area contributed by atoms with Gasteiger partial charge >= 0.3 is 0 Å². The van der Waals surface area contributed by atoms with Gasteiger partial charge in [0.15, 0.2) is 0 Å². The van der Waals surface area contributed by atoms with E-state index in [0.717, 1.165) is 30.9 Å². The topological polar surface area (TPSA) is 32.3 Å². The predicted octanol–water partition coefficient (Wildman–Crippen LogP) is 2.43. The predicted molar refractivity (Wildman–Crippen MR) is 72.0 cm³/mol. The molecule has 0 radical (unpaired) electrons. The van der Waals surface area contributed by atoms with Crippen LogP contribution in [0.15, 0.2) is 12.3 Å². The van der Waals surface area contributed by atoms with Crippen molar-refractivity contribution in [2.24, 2.45) is 5.92 Å². The Kier molecular flexibility index (Phi) is 2.97. The molecule has 3 nitrogen and oxygen atoms in total. The van der Waals surface area contributed by atoms with E-state index in [1.807, 2.05) is 7.05 Å². The third-order valence-corrected chi connectivity index (χ3v) is 5.32. The van der Waals surface area contributed by atoms with Gasteiger partial charge in [-0.3, -0.25) is 4.79 Å². The fourth-order valence-electron chi connectivity index (χ4n) is 4.37. The van der Waals surface area contributed by atoms with E-state index >= 15 is 0 Å². The number of fused-ring (bicyclic) bond motifs is 2. The van der Waals surface area contributed by atoms with Gasteiger partial charge in [0.25, 0.3) is 0 Å². The van der Waals surface area contributed by atoms with E-state index in [1.165, 1.54) is 32.1 Å². The van der Waals surface area contributed by atoms with Crippen LogP contribution >= 0.6 is 0 Å². The minimum atomic E-state index is -0.00160. The summed E-state index contributed by atoms with van der Waals surface area (Å²) in [6, 6.07) is -0.00160. The number of carbonyl (C=O) groups is 1. The first-order valence-corrected chi connectivity index (χ1v) is 7.35. The van der Waals surface area contributed by atoms with Gasteiger partial charge in [-0.1, -0.05) is 6.58 Å². The zero-order chi connectivity index (χ0) is 12.8. The standard InChI is InChI=1S/C15H24N2O/c1-11-4-3-5-13(16-2)14(18)17(11)15-8-6-12(10-15)7-9-15/h12-13,16H,1,3-10H2,2H3. The average Bonchev–Trinajstić information content (AvgIpc) is 2.91. The highest BCUT2D eigenvalue weighted by Gasteiger charge is 2.52. The van der Waals surface area contributed by atoms with Crippen molar-refractivity contribution >= 4 is 5.91 Å². The van der Waals surface area contributed by atoms with Crippen LogP contribution in [-0.4, -0.2) is 29.4 Å². The van der Waals surface area contributed by atoms with Crippen LogP contribution in [0.2, 0.25) is 0 Å². The van der Waals surface area contributed by atoms with Crippen molar-refractivity contribution < 1.29 is 4.79 Å². The van der Waals surface area contributed by atoms with Crippen LogP contribution in [-0.2, 0) is 4.79 Å². The summed E-state index contributed by atoms with van der Waals surface area (Å²) in [5.41, 5.74) is 1.21. The first-order chi connectivity index (χ1) is 8.66. The minimum absolute atomic E-state index is 0.00160. The Labute approximate surface area is 110 Å². The second-order valence-corrected chi connectivity index (χ2v) is 6.35. The number of hydrogen-bond acceptors (Lipinski definition) is 2. The Morgan fingerprint density at radius 1 is 1.33 bits per heavy atom. The summed E-state index contributed by atoms with van der Waals surface area (Å²) in [7, 11) is 1.90. The lowest BCUT2D eigenvalue weighted by atomic mass is 9.90. The third-order valence-electron chi connectivity index (χ3n) is 5.32. The number of rotatable bonds is 2. The van der Waals surface area contributed by atoms with Crippen LogP contribution in [0, 0.1) is 5.92 Å². The number of amides is 1. The summed E-state index contributed by atoms with van der Waals surface area (Å²) < 4.78 is 0. The second kappa shape index (κ2) is 4.37. The van der Waals surface area contributed by atoms with Crippen molar-refractivity contribution in [2.75, 3.05) is 7.05 Å². The largest absolute Gasteiger partial charge is 0.309 e. The lowest BCUT2D eigenvalue weighted by Gasteiger charge is -2.41. The number of nitrogens with zero attached hydrogens (tertiary/aromatic N) is 1. The highest BCUT2D eigenvalue weighted by atomic mass is 16.2. The van der Waals surface area contributed by atoms with E-state index in [4.69, 9.17) is 0 Å². The van der Waals surface area contributed by atoms with Crippen molar-refractivity contribution in [3.63, 3.8) is 0 Å². The maximum absolute atomic E-state index is 12.8. The van der Waals surface area contributed by atoms with Gasteiger partial charge in [-0.05, 0) is 64.3 Å². The molecule has 1 heterocycles. The molecule has 0 aromatic carbocycles. The molecule has 100 valence electrons. The lowest BCUT2D eigenvalue weighted by molar-refractivity contribution is -0.136. The van der Waals surface area contributed by atoms with Crippen LogP contribution in [0.25, 0.3) is 0 Å². The number of nitrogens with one attached hydrogen (secondary N) is 1. The van der Waals surface area contributed by atoms with Crippen molar-refractivity contribution in [2.45, 2.75) is 62.9 Å². The Morgan fingerprint density at radius 3 is 2.61 bits per heavy atom. The molecule has 3 fully saturated rings. The fourth-order valence-corrected chi connectivity index (χ4v) is 4.37. The van der Waals surface area contributed by atoms with E-state index in [-0.39, 0.29) is 17.5 Å². The molecule has 3 aliphatic rings.